The van der Waals surface area contributed by atoms with E-state index in [0.717, 1.165) is 25.1 Å². The van der Waals surface area contributed by atoms with Crippen molar-refractivity contribution >= 4 is 11.6 Å². The molecule has 1 fully saturated rings. The summed E-state index contributed by atoms with van der Waals surface area (Å²) in [6.45, 7) is 2.93. The second-order valence-electron chi connectivity index (χ2n) is 4.39. The van der Waals surface area contributed by atoms with Gasteiger partial charge in [0, 0.05) is 24.9 Å². The monoisotopic (exact) mass is 239 g/mol. The molecule has 1 aliphatic rings. The van der Waals surface area contributed by atoms with Gasteiger partial charge in [0.2, 0.25) is 0 Å². The molecule has 3 heteroatoms. The lowest BCUT2D eigenvalue weighted by molar-refractivity contribution is 0.0138. The van der Waals surface area contributed by atoms with Gasteiger partial charge in [-0.3, -0.25) is 4.98 Å². The molecule has 1 saturated heterocycles. The van der Waals surface area contributed by atoms with Crippen molar-refractivity contribution < 1.29 is 4.74 Å². The standard InChI is InChI=1S/C13H18ClNO/c1-10-5-4-7-15-12(10)9-11(14)13-6-2-3-8-16-13/h4-5,7,11,13H,2-3,6,8-9H2,1H3. The highest BCUT2D eigenvalue weighted by atomic mass is 35.5. The Morgan fingerprint density at radius 2 is 2.44 bits per heavy atom. The van der Waals surface area contributed by atoms with Crippen LogP contribution in [0.25, 0.3) is 0 Å². The second-order valence-corrected chi connectivity index (χ2v) is 4.95. The Kier molecular flexibility index (Phi) is 4.19. The fourth-order valence-electron chi connectivity index (χ4n) is 2.10. The van der Waals surface area contributed by atoms with Gasteiger partial charge in [0.25, 0.3) is 0 Å². The SMILES string of the molecule is Cc1cccnc1CC(Cl)C1CCCCO1. The number of rotatable bonds is 3. The largest absolute Gasteiger partial charge is 0.377 e. The van der Waals surface area contributed by atoms with Gasteiger partial charge in [-0.1, -0.05) is 6.07 Å². The number of nitrogens with zero attached hydrogens (tertiary/aromatic N) is 1. The molecule has 88 valence electrons. The highest BCUT2D eigenvalue weighted by Crippen LogP contribution is 2.22. The van der Waals surface area contributed by atoms with Crippen LogP contribution >= 0.6 is 11.6 Å². The van der Waals surface area contributed by atoms with Gasteiger partial charge in [0.15, 0.2) is 0 Å². The zero-order valence-corrected chi connectivity index (χ0v) is 10.4. The van der Waals surface area contributed by atoms with Gasteiger partial charge in [0.1, 0.15) is 0 Å². The molecule has 16 heavy (non-hydrogen) atoms. The number of alkyl halides is 1. The van der Waals surface area contributed by atoms with Crippen LogP contribution in [-0.2, 0) is 11.2 Å². The topological polar surface area (TPSA) is 22.1 Å². The number of ether oxygens (including phenoxy) is 1. The van der Waals surface area contributed by atoms with Gasteiger partial charge < -0.3 is 4.74 Å². The van der Waals surface area contributed by atoms with Crippen molar-refractivity contribution in [2.24, 2.45) is 0 Å². The summed E-state index contributed by atoms with van der Waals surface area (Å²) < 4.78 is 5.69. The molecule has 0 N–H and O–H groups in total. The molecule has 0 amide bonds. The van der Waals surface area contributed by atoms with Crippen LogP contribution < -0.4 is 0 Å². The van der Waals surface area contributed by atoms with Gasteiger partial charge in [0.05, 0.1) is 11.5 Å². The normalized spacial score (nSPS) is 23.0. The summed E-state index contributed by atoms with van der Waals surface area (Å²) >= 11 is 6.40. The number of hydrogen-bond donors (Lipinski definition) is 0. The number of pyridine rings is 1. The summed E-state index contributed by atoms with van der Waals surface area (Å²) in [5.41, 5.74) is 2.31. The van der Waals surface area contributed by atoms with E-state index in [0.29, 0.717) is 0 Å². The van der Waals surface area contributed by atoms with Crippen molar-refractivity contribution in [3.8, 4) is 0 Å². The molecule has 0 aliphatic carbocycles. The summed E-state index contributed by atoms with van der Waals surface area (Å²) in [5.74, 6) is 0. The fourth-order valence-corrected chi connectivity index (χ4v) is 2.44. The predicted molar refractivity (Wildman–Crippen MR) is 65.9 cm³/mol. The van der Waals surface area contributed by atoms with E-state index in [-0.39, 0.29) is 11.5 Å². The van der Waals surface area contributed by atoms with Crippen LogP contribution in [0.4, 0.5) is 0 Å². The Labute approximate surface area is 102 Å². The smallest absolute Gasteiger partial charge is 0.0742 e. The van der Waals surface area contributed by atoms with Crippen LogP contribution in [0.1, 0.15) is 30.5 Å². The minimum Gasteiger partial charge on any atom is -0.377 e. The molecule has 1 aliphatic heterocycles. The third-order valence-electron chi connectivity index (χ3n) is 3.12. The quantitative estimate of drug-likeness (QED) is 0.757. The van der Waals surface area contributed by atoms with Crippen LogP contribution in [0.3, 0.4) is 0 Å². The molecule has 1 aromatic rings. The van der Waals surface area contributed by atoms with Crippen molar-refractivity contribution in [1.82, 2.24) is 4.98 Å². The van der Waals surface area contributed by atoms with E-state index in [1.165, 1.54) is 18.4 Å². The van der Waals surface area contributed by atoms with Crippen molar-refractivity contribution in [2.75, 3.05) is 6.61 Å². The van der Waals surface area contributed by atoms with E-state index in [9.17, 15) is 0 Å². The Morgan fingerprint density at radius 3 is 3.12 bits per heavy atom. The molecule has 0 saturated carbocycles. The molecule has 2 nitrogen and oxygen atoms in total. The number of aryl methyl sites for hydroxylation is 1. The molecule has 0 spiro atoms. The molecule has 2 unspecified atom stereocenters. The maximum Gasteiger partial charge on any atom is 0.0742 e. The van der Waals surface area contributed by atoms with Crippen LogP contribution in [0.15, 0.2) is 18.3 Å². The highest BCUT2D eigenvalue weighted by Gasteiger charge is 2.23. The first kappa shape index (κ1) is 11.9. The van der Waals surface area contributed by atoms with Crippen molar-refractivity contribution in [2.45, 2.75) is 44.1 Å². The average molecular weight is 240 g/mol. The highest BCUT2D eigenvalue weighted by molar-refractivity contribution is 6.21. The minimum absolute atomic E-state index is 0.0499. The van der Waals surface area contributed by atoms with Crippen LogP contribution in [-0.4, -0.2) is 23.1 Å². The molecule has 2 heterocycles. The lowest BCUT2D eigenvalue weighted by atomic mass is 10.0. The zero-order valence-electron chi connectivity index (χ0n) is 9.66. The Morgan fingerprint density at radius 1 is 1.56 bits per heavy atom. The second kappa shape index (κ2) is 5.65. The first-order valence-electron chi connectivity index (χ1n) is 5.93. The molecule has 1 aromatic heterocycles. The first-order chi connectivity index (χ1) is 7.77. The number of hydrogen-bond acceptors (Lipinski definition) is 2. The summed E-state index contributed by atoms with van der Waals surface area (Å²) in [6.07, 6.45) is 6.32. The van der Waals surface area contributed by atoms with Gasteiger partial charge in [-0.15, -0.1) is 11.6 Å². The molecular formula is C13H18ClNO. The lowest BCUT2D eigenvalue weighted by Crippen LogP contribution is -2.30. The van der Waals surface area contributed by atoms with E-state index in [4.69, 9.17) is 16.3 Å². The summed E-state index contributed by atoms with van der Waals surface area (Å²) in [4.78, 5) is 4.37. The van der Waals surface area contributed by atoms with E-state index in [1.54, 1.807) is 0 Å². The Hall–Kier alpha value is -0.600. The van der Waals surface area contributed by atoms with E-state index in [1.807, 2.05) is 12.3 Å². The minimum atomic E-state index is 0.0499. The third kappa shape index (κ3) is 2.96. The van der Waals surface area contributed by atoms with Crippen molar-refractivity contribution in [1.29, 1.82) is 0 Å². The molecule has 0 aromatic carbocycles. The van der Waals surface area contributed by atoms with Gasteiger partial charge in [-0.25, -0.2) is 0 Å². The zero-order chi connectivity index (χ0) is 11.4. The van der Waals surface area contributed by atoms with E-state index >= 15 is 0 Å². The number of halogens is 1. The summed E-state index contributed by atoms with van der Waals surface area (Å²) in [7, 11) is 0. The average Bonchev–Trinajstić information content (AvgIpc) is 2.33. The van der Waals surface area contributed by atoms with Gasteiger partial charge in [-0.2, -0.15) is 0 Å². The molecular weight excluding hydrogens is 222 g/mol. The maximum absolute atomic E-state index is 6.40. The molecule has 2 atom stereocenters. The van der Waals surface area contributed by atoms with Crippen molar-refractivity contribution in [3.63, 3.8) is 0 Å². The summed E-state index contributed by atoms with van der Waals surface area (Å²) in [6, 6.07) is 4.03. The molecule has 0 radical (unpaired) electrons. The predicted octanol–water partition coefficient (Wildman–Crippen LogP) is 3.11. The molecule has 0 bridgehead atoms. The maximum atomic E-state index is 6.40. The van der Waals surface area contributed by atoms with E-state index < -0.39 is 0 Å². The van der Waals surface area contributed by atoms with Gasteiger partial charge in [-0.05, 0) is 37.8 Å². The third-order valence-corrected chi connectivity index (χ3v) is 3.56. The first-order valence-corrected chi connectivity index (χ1v) is 6.37. The van der Waals surface area contributed by atoms with Crippen LogP contribution in [0, 0.1) is 6.92 Å². The Bertz CT molecular complexity index is 336. The van der Waals surface area contributed by atoms with E-state index in [2.05, 4.69) is 18.0 Å². The fraction of sp³-hybridized carbons (Fsp3) is 0.615. The van der Waals surface area contributed by atoms with Crippen molar-refractivity contribution in [3.05, 3.63) is 29.6 Å². The number of aromatic nitrogens is 1. The van der Waals surface area contributed by atoms with Crippen LogP contribution in [0.5, 0.6) is 0 Å². The van der Waals surface area contributed by atoms with Gasteiger partial charge >= 0.3 is 0 Å². The lowest BCUT2D eigenvalue weighted by Gasteiger charge is -2.26. The summed E-state index contributed by atoms with van der Waals surface area (Å²) in [5, 5.41) is 0.0499. The molecule has 2 rings (SSSR count). The Balaban J connectivity index is 1.96. The van der Waals surface area contributed by atoms with Crippen LogP contribution in [0.2, 0.25) is 0 Å².